The summed E-state index contributed by atoms with van der Waals surface area (Å²) in [6.45, 7) is 15.2. The molecular weight excluding hydrogens is 863 g/mol. The van der Waals surface area contributed by atoms with Gasteiger partial charge in [-0.1, -0.05) is 12.5 Å². The van der Waals surface area contributed by atoms with Gasteiger partial charge in [0.25, 0.3) is 0 Å². The lowest BCUT2D eigenvalue weighted by Crippen LogP contribution is -2.48. The Bertz CT molecular complexity index is 2170. The standard InChI is InChI=1S/C52H77N9O7/c1-36(2)68-35-46-31-47(62)34-60(46)50(65)12-6-5-7-19-53-48(63)11-8-13-49(64)59-24-22-58(23-25-59)44-27-41(28-45(30-44)61-38(4)26-37(3)56-61)42(29-51(66)67)33-57-21-18-39(32-57)14-16-43-17-15-40-10-9-20-54-52(40)55-43/h15,17,26-28,30,36,39,42,46-47,62H,5-14,16,18-25,29,31-35H2,1-4H3,(H,53,63)(H,54,55)(H,66,67)/t39-,42-,46+,47-/m1/s1. The van der Waals surface area contributed by atoms with Crippen LogP contribution in [0.4, 0.5) is 11.5 Å². The number of aliphatic hydroxyl groups is 1. The molecule has 68 heavy (non-hydrogen) atoms. The topological polar surface area (TPSA) is 186 Å². The average Bonchev–Trinajstić information content (AvgIpc) is 4.04. The summed E-state index contributed by atoms with van der Waals surface area (Å²) >= 11 is 0. The minimum Gasteiger partial charge on any atom is -0.481 e. The number of aryl methyl sites for hydroxylation is 4. The molecule has 1 aromatic carbocycles. The van der Waals surface area contributed by atoms with Gasteiger partial charge in [0.05, 0.1) is 42.7 Å². The number of carbonyl (C=O) groups is 4. The number of benzene rings is 1. The number of carbonyl (C=O) groups excluding carboxylic acids is 3. The van der Waals surface area contributed by atoms with Gasteiger partial charge < -0.3 is 45.2 Å². The van der Waals surface area contributed by atoms with Crippen LogP contribution < -0.4 is 15.5 Å². The van der Waals surface area contributed by atoms with Crippen molar-refractivity contribution in [2.45, 2.75) is 142 Å². The third kappa shape index (κ3) is 14.5. The SMILES string of the molecule is Cc1cc(C)n(-c2cc([C@H](CC(=O)O)CN3CC[C@@H](CCc4ccc5c(n4)NCCC5)C3)cc(N3CCN(C(=O)CCCC(=O)NCCCCCC(=O)N4C[C@H](O)C[C@H]4COC(C)C)CC3)c2)n1. The number of piperazine rings is 1. The van der Waals surface area contributed by atoms with Crippen LogP contribution in [0.15, 0.2) is 36.4 Å². The minimum atomic E-state index is -0.816. The molecule has 0 bridgehead atoms. The lowest BCUT2D eigenvalue weighted by Gasteiger charge is -2.37. The number of hydrogen-bond donors (Lipinski definition) is 4. The zero-order valence-electron chi connectivity index (χ0n) is 41.1. The molecule has 0 radical (unpaired) electrons. The highest BCUT2D eigenvalue weighted by Gasteiger charge is 2.34. The number of likely N-dealkylation sites (tertiary alicyclic amines) is 2. The first-order valence-electron chi connectivity index (χ1n) is 25.5. The number of pyridine rings is 1. The third-order valence-electron chi connectivity index (χ3n) is 14.2. The van der Waals surface area contributed by atoms with Gasteiger partial charge in [0.2, 0.25) is 17.7 Å². The summed E-state index contributed by atoms with van der Waals surface area (Å²) in [5.74, 6) is 0.560. The van der Waals surface area contributed by atoms with E-state index in [1.54, 1.807) is 4.90 Å². The van der Waals surface area contributed by atoms with Gasteiger partial charge in [-0.2, -0.15) is 5.10 Å². The Morgan fingerprint density at radius 3 is 2.47 bits per heavy atom. The number of fused-ring (bicyclic) bond motifs is 1. The molecule has 0 unspecified atom stereocenters. The highest BCUT2D eigenvalue weighted by Crippen LogP contribution is 2.33. The van der Waals surface area contributed by atoms with Gasteiger partial charge >= 0.3 is 5.97 Å². The van der Waals surface area contributed by atoms with Crippen molar-refractivity contribution in [2.24, 2.45) is 5.92 Å². The number of nitrogens with one attached hydrogen (secondary N) is 2. The van der Waals surface area contributed by atoms with Crippen molar-refractivity contribution in [2.75, 3.05) is 82.3 Å². The number of aromatic nitrogens is 3. The molecule has 7 rings (SSSR count). The number of ether oxygens (including phenoxy) is 1. The molecule has 0 spiro atoms. The molecule has 16 nitrogen and oxygen atoms in total. The summed E-state index contributed by atoms with van der Waals surface area (Å²) in [5, 5.41) is 31.5. The van der Waals surface area contributed by atoms with Crippen LogP contribution in [-0.4, -0.2) is 154 Å². The van der Waals surface area contributed by atoms with Gasteiger partial charge in [0, 0.05) is 101 Å². The summed E-state index contributed by atoms with van der Waals surface area (Å²) in [5.41, 5.74) is 7.23. The van der Waals surface area contributed by atoms with Gasteiger partial charge in [-0.3, -0.25) is 19.2 Å². The maximum atomic E-state index is 13.3. The van der Waals surface area contributed by atoms with Gasteiger partial charge in [0.15, 0.2) is 0 Å². The number of unbranched alkanes of at least 4 members (excludes halogenated alkanes) is 2. The first kappa shape index (κ1) is 50.8. The molecule has 3 fully saturated rings. The smallest absolute Gasteiger partial charge is 0.304 e. The molecule has 4 aliphatic rings. The second-order valence-corrected chi connectivity index (χ2v) is 20.1. The van der Waals surface area contributed by atoms with Crippen LogP contribution in [0, 0.1) is 19.8 Å². The zero-order valence-corrected chi connectivity index (χ0v) is 41.1. The van der Waals surface area contributed by atoms with Crippen LogP contribution >= 0.6 is 0 Å². The van der Waals surface area contributed by atoms with Gasteiger partial charge in [-0.05, 0) is 139 Å². The molecule has 4 aliphatic heterocycles. The quantitative estimate of drug-likeness (QED) is 0.0860. The van der Waals surface area contributed by atoms with Crippen molar-refractivity contribution in [1.29, 1.82) is 0 Å². The number of carboxylic acid groups (broad SMARTS) is 1. The molecule has 372 valence electrons. The van der Waals surface area contributed by atoms with Crippen molar-refractivity contribution >= 4 is 35.2 Å². The first-order valence-corrected chi connectivity index (χ1v) is 25.5. The molecule has 2 aromatic heterocycles. The zero-order chi connectivity index (χ0) is 48.2. The van der Waals surface area contributed by atoms with Crippen LogP contribution in [0.2, 0.25) is 0 Å². The van der Waals surface area contributed by atoms with E-state index in [2.05, 4.69) is 50.8 Å². The molecule has 0 aliphatic carbocycles. The van der Waals surface area contributed by atoms with Crippen LogP contribution in [-0.2, 0) is 36.8 Å². The number of β-amino-alcohol motifs (C(OH)–C–C–N with tert-alkyl or cyclic N) is 1. The van der Waals surface area contributed by atoms with E-state index < -0.39 is 12.1 Å². The summed E-state index contributed by atoms with van der Waals surface area (Å²) < 4.78 is 7.65. The largest absolute Gasteiger partial charge is 0.481 e. The normalized spacial score (nSPS) is 20.1. The summed E-state index contributed by atoms with van der Waals surface area (Å²) in [6.07, 6.45) is 9.22. The van der Waals surface area contributed by atoms with E-state index in [0.717, 1.165) is 111 Å². The molecular formula is C52H77N9O7. The summed E-state index contributed by atoms with van der Waals surface area (Å²) in [6, 6.07) is 12.8. The van der Waals surface area contributed by atoms with Crippen molar-refractivity contribution in [3.05, 3.63) is 64.6 Å². The highest BCUT2D eigenvalue weighted by atomic mass is 16.5. The second kappa shape index (κ2) is 24.5. The van der Waals surface area contributed by atoms with Crippen LogP contribution in [0.25, 0.3) is 5.69 Å². The molecule has 4 N–H and O–H groups in total. The lowest BCUT2D eigenvalue weighted by molar-refractivity contribution is -0.137. The molecule has 4 atom stereocenters. The molecule has 3 amide bonds. The predicted octanol–water partition coefficient (Wildman–Crippen LogP) is 5.64. The van der Waals surface area contributed by atoms with Crippen molar-refractivity contribution < 1.29 is 34.1 Å². The summed E-state index contributed by atoms with van der Waals surface area (Å²) in [4.78, 5) is 64.5. The number of anilines is 2. The molecule has 3 aromatic rings. The lowest BCUT2D eigenvalue weighted by atomic mass is 9.93. The third-order valence-corrected chi connectivity index (χ3v) is 14.2. The molecule has 16 heteroatoms. The number of aliphatic hydroxyl groups excluding tert-OH is 1. The fourth-order valence-electron chi connectivity index (χ4n) is 10.5. The van der Waals surface area contributed by atoms with Gasteiger partial charge in [-0.25, -0.2) is 9.67 Å². The Morgan fingerprint density at radius 2 is 1.71 bits per heavy atom. The average molecular weight is 940 g/mol. The Morgan fingerprint density at radius 1 is 0.912 bits per heavy atom. The number of amides is 3. The maximum Gasteiger partial charge on any atom is 0.304 e. The van der Waals surface area contributed by atoms with Crippen molar-refractivity contribution in [3.8, 4) is 5.69 Å². The fourth-order valence-corrected chi connectivity index (χ4v) is 10.5. The van der Waals surface area contributed by atoms with E-state index in [1.165, 1.54) is 5.56 Å². The van der Waals surface area contributed by atoms with E-state index in [9.17, 15) is 29.4 Å². The predicted molar refractivity (Wildman–Crippen MR) is 263 cm³/mol. The van der Waals surface area contributed by atoms with Gasteiger partial charge in [0.1, 0.15) is 5.82 Å². The van der Waals surface area contributed by atoms with Crippen LogP contribution in [0.3, 0.4) is 0 Å². The Balaban J connectivity index is 0.862. The molecule has 0 saturated carbocycles. The van der Waals surface area contributed by atoms with Gasteiger partial charge in [-0.15, -0.1) is 0 Å². The van der Waals surface area contributed by atoms with E-state index in [-0.39, 0.29) is 48.6 Å². The van der Waals surface area contributed by atoms with E-state index in [0.29, 0.717) is 84.0 Å². The first-order chi connectivity index (χ1) is 32.8. The molecule has 6 heterocycles. The number of rotatable bonds is 23. The van der Waals surface area contributed by atoms with E-state index in [4.69, 9.17) is 14.8 Å². The number of hydrogen-bond acceptors (Lipinski definition) is 11. The monoisotopic (exact) mass is 940 g/mol. The number of carboxylic acids is 1. The van der Waals surface area contributed by atoms with Crippen LogP contribution in [0.1, 0.15) is 125 Å². The van der Waals surface area contributed by atoms with E-state index in [1.807, 2.05) is 43.3 Å². The van der Waals surface area contributed by atoms with Crippen molar-refractivity contribution in [1.82, 2.24) is 34.8 Å². The number of aliphatic carboxylic acids is 1. The Hall–Kier alpha value is -5.06. The Kier molecular flexibility index (Phi) is 18.3. The fraction of sp³-hybridized carbons (Fsp3) is 0.654. The highest BCUT2D eigenvalue weighted by molar-refractivity contribution is 5.79. The minimum absolute atomic E-state index is 0.0254. The second-order valence-electron chi connectivity index (χ2n) is 20.1. The Labute approximate surface area is 403 Å². The molecule has 3 saturated heterocycles. The summed E-state index contributed by atoms with van der Waals surface area (Å²) in [7, 11) is 0. The maximum absolute atomic E-state index is 13.3. The number of nitrogens with zero attached hydrogens (tertiary/aromatic N) is 7. The van der Waals surface area contributed by atoms with Crippen molar-refractivity contribution in [3.63, 3.8) is 0 Å². The van der Waals surface area contributed by atoms with Crippen LogP contribution in [0.5, 0.6) is 0 Å². The van der Waals surface area contributed by atoms with E-state index >= 15 is 0 Å².